The molecule has 3 aromatic rings. The molecule has 0 radical (unpaired) electrons. The molecule has 1 aliphatic rings. The number of anilines is 2. The largest absolute Gasteiger partial charge is 0.350 e. The molecule has 3 aromatic carbocycles. The van der Waals surface area contributed by atoms with Gasteiger partial charge in [-0.15, -0.1) is 0 Å². The molecular formula is C24H15Cl4N3O3. The molecule has 0 atom stereocenters. The van der Waals surface area contributed by atoms with E-state index < -0.39 is 11.8 Å². The molecule has 0 saturated carbocycles. The van der Waals surface area contributed by atoms with Crippen LogP contribution in [0.2, 0.25) is 15.1 Å². The second-order valence-electron chi connectivity index (χ2n) is 7.24. The number of nitrogens with zero attached hydrogens (tertiary/aromatic N) is 1. The standard InChI is InChI=1S/C24H15Cl4N3O3/c25-15-2-1-3-18(10-15)31-23(33)20(28)21(24(31)34)30-17-8-5-13(6-9-17)22(32)29-12-14-4-7-16(26)11-19(14)27/h1-11,30H,12H2,(H,29,32). The predicted molar refractivity (Wildman–Crippen MR) is 135 cm³/mol. The molecule has 172 valence electrons. The van der Waals surface area contributed by atoms with E-state index in [-0.39, 0.29) is 23.2 Å². The first-order valence-electron chi connectivity index (χ1n) is 9.88. The highest BCUT2D eigenvalue weighted by Gasteiger charge is 2.39. The summed E-state index contributed by atoms with van der Waals surface area (Å²) in [5.74, 6) is -1.58. The molecule has 0 saturated heterocycles. The van der Waals surface area contributed by atoms with Crippen LogP contribution in [0.3, 0.4) is 0 Å². The Labute approximate surface area is 215 Å². The Morgan fingerprint density at radius 3 is 2.21 bits per heavy atom. The highest BCUT2D eigenvalue weighted by Crippen LogP contribution is 2.31. The van der Waals surface area contributed by atoms with Crippen molar-refractivity contribution in [2.24, 2.45) is 0 Å². The highest BCUT2D eigenvalue weighted by molar-refractivity contribution is 6.53. The van der Waals surface area contributed by atoms with Crippen LogP contribution in [0.4, 0.5) is 11.4 Å². The molecule has 4 rings (SSSR count). The topological polar surface area (TPSA) is 78.5 Å². The van der Waals surface area contributed by atoms with Gasteiger partial charge in [0.2, 0.25) is 0 Å². The lowest BCUT2D eigenvalue weighted by atomic mass is 10.1. The number of amides is 3. The number of rotatable bonds is 6. The summed E-state index contributed by atoms with van der Waals surface area (Å²) >= 11 is 24.1. The van der Waals surface area contributed by atoms with E-state index in [1.54, 1.807) is 60.7 Å². The van der Waals surface area contributed by atoms with Gasteiger partial charge >= 0.3 is 0 Å². The first-order valence-corrected chi connectivity index (χ1v) is 11.4. The van der Waals surface area contributed by atoms with E-state index in [1.807, 2.05) is 0 Å². The molecule has 0 bridgehead atoms. The van der Waals surface area contributed by atoms with Crippen molar-refractivity contribution in [2.75, 3.05) is 10.2 Å². The minimum absolute atomic E-state index is 0.0683. The predicted octanol–water partition coefficient (Wildman–Crippen LogP) is 6.01. The fourth-order valence-corrected chi connectivity index (χ4v) is 4.13. The van der Waals surface area contributed by atoms with E-state index in [2.05, 4.69) is 10.6 Å². The first-order chi connectivity index (χ1) is 16.2. The molecule has 3 amide bonds. The highest BCUT2D eigenvalue weighted by atomic mass is 35.5. The van der Waals surface area contributed by atoms with Crippen LogP contribution in [-0.2, 0) is 16.1 Å². The third kappa shape index (κ3) is 5.05. The van der Waals surface area contributed by atoms with Crippen molar-refractivity contribution < 1.29 is 14.4 Å². The zero-order valence-electron chi connectivity index (χ0n) is 17.2. The van der Waals surface area contributed by atoms with Crippen molar-refractivity contribution >= 4 is 75.5 Å². The monoisotopic (exact) mass is 533 g/mol. The van der Waals surface area contributed by atoms with Gasteiger partial charge in [-0.2, -0.15) is 0 Å². The molecule has 10 heteroatoms. The quantitative estimate of drug-likeness (QED) is 0.379. The summed E-state index contributed by atoms with van der Waals surface area (Å²) in [6.07, 6.45) is 0. The summed E-state index contributed by atoms with van der Waals surface area (Å²) in [6, 6.07) is 17.7. The Hall–Kier alpha value is -3.03. The Kier molecular flexibility index (Phi) is 7.14. The molecule has 1 heterocycles. The van der Waals surface area contributed by atoms with Crippen molar-refractivity contribution in [3.05, 3.63) is 104 Å². The van der Waals surface area contributed by atoms with Crippen molar-refractivity contribution in [3.8, 4) is 0 Å². The molecule has 2 N–H and O–H groups in total. The number of hydrogen-bond acceptors (Lipinski definition) is 4. The summed E-state index contributed by atoms with van der Waals surface area (Å²) in [5.41, 5.74) is 1.84. The molecule has 0 unspecified atom stereocenters. The second-order valence-corrected chi connectivity index (χ2v) is 8.89. The summed E-state index contributed by atoms with van der Waals surface area (Å²) in [7, 11) is 0. The number of imide groups is 1. The number of benzene rings is 3. The molecule has 1 aliphatic heterocycles. The minimum atomic E-state index is -0.659. The molecular weight excluding hydrogens is 520 g/mol. The van der Waals surface area contributed by atoms with Crippen LogP contribution >= 0.6 is 46.4 Å². The van der Waals surface area contributed by atoms with Crippen molar-refractivity contribution in [2.45, 2.75) is 6.54 Å². The van der Waals surface area contributed by atoms with Crippen LogP contribution in [0, 0.1) is 0 Å². The lowest BCUT2D eigenvalue weighted by molar-refractivity contribution is -0.120. The Morgan fingerprint density at radius 1 is 0.824 bits per heavy atom. The van der Waals surface area contributed by atoms with Gasteiger partial charge in [0.05, 0.1) is 5.69 Å². The van der Waals surface area contributed by atoms with E-state index in [1.165, 1.54) is 6.07 Å². The van der Waals surface area contributed by atoms with Crippen LogP contribution < -0.4 is 15.5 Å². The maximum Gasteiger partial charge on any atom is 0.283 e. The summed E-state index contributed by atoms with van der Waals surface area (Å²) in [6.45, 7) is 0.229. The Balaban J connectivity index is 1.43. The van der Waals surface area contributed by atoms with Gasteiger partial charge in [0.25, 0.3) is 17.7 Å². The van der Waals surface area contributed by atoms with Gasteiger partial charge in [-0.1, -0.05) is 58.5 Å². The summed E-state index contributed by atoms with van der Waals surface area (Å²) in [4.78, 5) is 38.8. The van der Waals surface area contributed by atoms with E-state index in [0.717, 1.165) is 10.5 Å². The first kappa shape index (κ1) is 24.1. The minimum Gasteiger partial charge on any atom is -0.350 e. The van der Waals surface area contributed by atoms with Crippen molar-refractivity contribution in [3.63, 3.8) is 0 Å². The summed E-state index contributed by atoms with van der Waals surface area (Å²) < 4.78 is 0. The van der Waals surface area contributed by atoms with Gasteiger partial charge in [-0.05, 0) is 60.2 Å². The Morgan fingerprint density at radius 2 is 1.53 bits per heavy atom. The fraction of sp³-hybridized carbons (Fsp3) is 0.0417. The third-order valence-corrected chi connectivity index (χ3v) is 6.14. The maximum atomic E-state index is 12.9. The van der Waals surface area contributed by atoms with Crippen LogP contribution in [0.15, 0.2) is 77.5 Å². The lowest BCUT2D eigenvalue weighted by Gasteiger charge is -2.15. The van der Waals surface area contributed by atoms with Gasteiger partial charge in [-0.25, -0.2) is 4.90 Å². The molecule has 0 spiro atoms. The molecule has 6 nitrogen and oxygen atoms in total. The van der Waals surface area contributed by atoms with Gasteiger partial charge in [0.1, 0.15) is 10.7 Å². The van der Waals surface area contributed by atoms with Gasteiger partial charge < -0.3 is 10.6 Å². The fourth-order valence-electron chi connectivity index (χ4n) is 3.25. The van der Waals surface area contributed by atoms with E-state index in [0.29, 0.717) is 32.0 Å². The average Bonchev–Trinajstić information content (AvgIpc) is 3.02. The van der Waals surface area contributed by atoms with Gasteiger partial charge in [-0.3, -0.25) is 14.4 Å². The molecule has 34 heavy (non-hydrogen) atoms. The van der Waals surface area contributed by atoms with Crippen LogP contribution in [0.1, 0.15) is 15.9 Å². The van der Waals surface area contributed by atoms with Gasteiger partial charge in [0, 0.05) is 32.9 Å². The zero-order valence-corrected chi connectivity index (χ0v) is 20.3. The maximum absolute atomic E-state index is 12.9. The number of hydrogen-bond donors (Lipinski definition) is 2. The number of nitrogens with one attached hydrogen (secondary N) is 2. The second kappa shape index (κ2) is 10.1. The number of carbonyl (C=O) groups excluding carboxylic acids is 3. The third-order valence-electron chi connectivity index (χ3n) is 4.96. The normalized spacial score (nSPS) is 13.5. The molecule has 0 fully saturated rings. The van der Waals surface area contributed by atoms with E-state index >= 15 is 0 Å². The van der Waals surface area contributed by atoms with Crippen molar-refractivity contribution in [1.82, 2.24) is 5.32 Å². The number of halogens is 4. The smallest absolute Gasteiger partial charge is 0.283 e. The Bertz CT molecular complexity index is 1340. The SMILES string of the molecule is O=C(NCc1ccc(Cl)cc1Cl)c1ccc(NC2=C(Cl)C(=O)N(c3cccc(Cl)c3)C2=O)cc1. The lowest BCUT2D eigenvalue weighted by Crippen LogP contribution is -2.32. The van der Waals surface area contributed by atoms with Crippen LogP contribution in [0.5, 0.6) is 0 Å². The zero-order chi connectivity index (χ0) is 24.4. The van der Waals surface area contributed by atoms with Crippen LogP contribution in [-0.4, -0.2) is 17.7 Å². The van der Waals surface area contributed by atoms with Crippen LogP contribution in [0.25, 0.3) is 0 Å². The van der Waals surface area contributed by atoms with E-state index in [4.69, 9.17) is 46.4 Å². The number of carbonyl (C=O) groups is 3. The molecule has 0 aliphatic carbocycles. The summed E-state index contributed by atoms with van der Waals surface area (Å²) in [5, 5.41) is 6.75. The van der Waals surface area contributed by atoms with Gasteiger partial charge in [0.15, 0.2) is 0 Å². The van der Waals surface area contributed by atoms with E-state index in [9.17, 15) is 14.4 Å². The van der Waals surface area contributed by atoms with Crippen molar-refractivity contribution in [1.29, 1.82) is 0 Å². The molecule has 0 aromatic heterocycles. The average molecular weight is 535 g/mol.